The van der Waals surface area contributed by atoms with Gasteiger partial charge in [-0.3, -0.25) is 4.79 Å². The number of carboxylic acids is 1. The molecule has 1 fully saturated rings. The highest BCUT2D eigenvalue weighted by Crippen LogP contribution is 2.30. The van der Waals surface area contributed by atoms with Crippen molar-refractivity contribution in [2.24, 2.45) is 11.7 Å². The molecule has 0 bridgehead atoms. The second kappa shape index (κ2) is 4.09. The Morgan fingerprint density at radius 1 is 1.54 bits per heavy atom. The van der Waals surface area contributed by atoms with Gasteiger partial charge in [0.05, 0.1) is 0 Å². The molecule has 13 heavy (non-hydrogen) atoms. The molecule has 1 saturated carbocycles. The molecule has 3 N–H and O–H groups in total. The third kappa shape index (κ3) is 2.99. The van der Waals surface area contributed by atoms with E-state index in [1.807, 2.05) is 0 Å². The second-order valence-electron chi connectivity index (χ2n) is 4.41. The molecule has 1 rings (SSSR count). The highest BCUT2D eigenvalue weighted by Gasteiger charge is 2.29. The fourth-order valence-corrected chi connectivity index (χ4v) is 1.91. The molecule has 0 aromatic heterocycles. The predicted octanol–water partition coefficient (Wildman–Crippen LogP) is 1.76. The van der Waals surface area contributed by atoms with Gasteiger partial charge in [-0.2, -0.15) is 0 Å². The van der Waals surface area contributed by atoms with E-state index < -0.39 is 11.5 Å². The molecule has 0 heterocycles. The van der Waals surface area contributed by atoms with Crippen molar-refractivity contribution in [1.29, 1.82) is 0 Å². The van der Waals surface area contributed by atoms with Crippen molar-refractivity contribution in [1.82, 2.24) is 0 Å². The molecule has 0 saturated heterocycles. The van der Waals surface area contributed by atoms with Gasteiger partial charge in [-0.25, -0.2) is 0 Å². The SMILES string of the molecule is CC(N)(CCC1CCCC1)C(=O)O. The van der Waals surface area contributed by atoms with Crippen molar-refractivity contribution in [3.05, 3.63) is 0 Å². The van der Waals surface area contributed by atoms with Crippen LogP contribution in [0.4, 0.5) is 0 Å². The van der Waals surface area contributed by atoms with E-state index >= 15 is 0 Å². The molecule has 0 amide bonds. The van der Waals surface area contributed by atoms with Gasteiger partial charge in [-0.15, -0.1) is 0 Å². The summed E-state index contributed by atoms with van der Waals surface area (Å²) in [5.74, 6) is -0.160. The molecule has 0 aromatic carbocycles. The van der Waals surface area contributed by atoms with Gasteiger partial charge in [-0.1, -0.05) is 25.7 Å². The normalized spacial score (nSPS) is 22.9. The van der Waals surface area contributed by atoms with Crippen LogP contribution in [0, 0.1) is 5.92 Å². The third-order valence-electron chi connectivity index (χ3n) is 3.04. The predicted molar refractivity (Wildman–Crippen MR) is 51.4 cm³/mol. The first-order chi connectivity index (χ1) is 6.02. The number of nitrogens with two attached hydrogens (primary N) is 1. The summed E-state index contributed by atoms with van der Waals surface area (Å²) < 4.78 is 0. The molecule has 1 atom stereocenters. The zero-order chi connectivity index (χ0) is 9.90. The maximum absolute atomic E-state index is 10.7. The Labute approximate surface area is 79.3 Å². The number of carboxylic acid groups (broad SMARTS) is 1. The molecule has 3 nitrogen and oxygen atoms in total. The van der Waals surface area contributed by atoms with E-state index in [9.17, 15) is 4.79 Å². The molecule has 1 unspecified atom stereocenters. The third-order valence-corrected chi connectivity index (χ3v) is 3.04. The lowest BCUT2D eigenvalue weighted by atomic mass is 9.91. The lowest BCUT2D eigenvalue weighted by molar-refractivity contribution is -0.143. The molecule has 1 aliphatic rings. The zero-order valence-corrected chi connectivity index (χ0v) is 8.25. The average molecular weight is 185 g/mol. The minimum absolute atomic E-state index is 0.604. The van der Waals surface area contributed by atoms with E-state index in [1.54, 1.807) is 6.92 Å². The van der Waals surface area contributed by atoms with Crippen LogP contribution in [-0.4, -0.2) is 16.6 Å². The van der Waals surface area contributed by atoms with Crippen molar-refractivity contribution in [2.45, 2.75) is 51.0 Å². The van der Waals surface area contributed by atoms with Gasteiger partial charge in [0.1, 0.15) is 5.54 Å². The average Bonchev–Trinajstić information content (AvgIpc) is 2.52. The fraction of sp³-hybridized carbons (Fsp3) is 0.900. The molecule has 0 aromatic rings. The summed E-state index contributed by atoms with van der Waals surface area (Å²) in [6.45, 7) is 1.60. The molecule has 76 valence electrons. The Morgan fingerprint density at radius 2 is 2.08 bits per heavy atom. The highest BCUT2D eigenvalue weighted by atomic mass is 16.4. The van der Waals surface area contributed by atoms with Crippen LogP contribution in [0.25, 0.3) is 0 Å². The lowest BCUT2D eigenvalue weighted by Crippen LogP contribution is -2.44. The lowest BCUT2D eigenvalue weighted by Gasteiger charge is -2.20. The Hall–Kier alpha value is -0.570. The minimum atomic E-state index is -1.03. The first kappa shape index (κ1) is 10.5. The van der Waals surface area contributed by atoms with Gasteiger partial charge in [0.2, 0.25) is 0 Å². The van der Waals surface area contributed by atoms with Crippen LogP contribution in [0.2, 0.25) is 0 Å². The molecule has 1 aliphatic carbocycles. The number of aliphatic carboxylic acids is 1. The quantitative estimate of drug-likeness (QED) is 0.701. The van der Waals surface area contributed by atoms with E-state index in [2.05, 4.69) is 0 Å². The monoisotopic (exact) mass is 185 g/mol. The second-order valence-corrected chi connectivity index (χ2v) is 4.41. The Kier molecular flexibility index (Phi) is 3.31. The van der Waals surface area contributed by atoms with Crippen molar-refractivity contribution < 1.29 is 9.90 Å². The van der Waals surface area contributed by atoms with Gasteiger partial charge < -0.3 is 10.8 Å². The summed E-state index contributed by atoms with van der Waals surface area (Å²) in [4.78, 5) is 10.7. The van der Waals surface area contributed by atoms with Gasteiger partial charge >= 0.3 is 5.97 Å². The fourth-order valence-electron chi connectivity index (χ4n) is 1.91. The number of hydrogen-bond acceptors (Lipinski definition) is 2. The van der Waals surface area contributed by atoms with Crippen molar-refractivity contribution in [2.75, 3.05) is 0 Å². The Bertz CT molecular complexity index is 183. The van der Waals surface area contributed by atoms with E-state index in [0.29, 0.717) is 6.42 Å². The summed E-state index contributed by atoms with van der Waals surface area (Å²) in [5, 5.41) is 8.79. The van der Waals surface area contributed by atoms with Gasteiger partial charge in [0, 0.05) is 0 Å². The van der Waals surface area contributed by atoms with Gasteiger partial charge in [0.15, 0.2) is 0 Å². The number of hydrogen-bond donors (Lipinski definition) is 2. The van der Waals surface area contributed by atoms with Crippen LogP contribution in [0.15, 0.2) is 0 Å². The van der Waals surface area contributed by atoms with Crippen LogP contribution < -0.4 is 5.73 Å². The van der Waals surface area contributed by atoms with Crippen molar-refractivity contribution in [3.63, 3.8) is 0 Å². The molecule has 3 heteroatoms. The highest BCUT2D eigenvalue weighted by molar-refractivity contribution is 5.77. The van der Waals surface area contributed by atoms with Crippen LogP contribution in [0.1, 0.15) is 45.4 Å². The maximum Gasteiger partial charge on any atom is 0.323 e. The summed E-state index contributed by atoms with van der Waals surface area (Å²) in [6.07, 6.45) is 6.70. The first-order valence-electron chi connectivity index (χ1n) is 5.04. The maximum atomic E-state index is 10.7. The van der Waals surface area contributed by atoms with Gasteiger partial charge in [-0.05, 0) is 25.7 Å². The van der Waals surface area contributed by atoms with Crippen LogP contribution in [0.5, 0.6) is 0 Å². The van der Waals surface area contributed by atoms with E-state index in [4.69, 9.17) is 10.8 Å². The molecular formula is C10H19NO2. The largest absolute Gasteiger partial charge is 0.480 e. The zero-order valence-electron chi connectivity index (χ0n) is 8.25. The van der Waals surface area contributed by atoms with E-state index in [1.165, 1.54) is 25.7 Å². The topological polar surface area (TPSA) is 63.3 Å². The summed E-state index contributed by atoms with van der Waals surface area (Å²) >= 11 is 0. The molecular weight excluding hydrogens is 166 g/mol. The van der Waals surface area contributed by atoms with Crippen LogP contribution >= 0.6 is 0 Å². The summed E-state index contributed by atoms with van der Waals surface area (Å²) in [5.41, 5.74) is 4.61. The first-order valence-corrected chi connectivity index (χ1v) is 5.04. The number of rotatable bonds is 4. The van der Waals surface area contributed by atoms with Crippen molar-refractivity contribution >= 4 is 5.97 Å². The van der Waals surface area contributed by atoms with Crippen molar-refractivity contribution in [3.8, 4) is 0 Å². The number of carbonyl (C=O) groups is 1. The summed E-state index contributed by atoms with van der Waals surface area (Å²) in [6, 6.07) is 0. The van der Waals surface area contributed by atoms with E-state index in [0.717, 1.165) is 12.3 Å². The van der Waals surface area contributed by atoms with E-state index in [-0.39, 0.29) is 0 Å². The van der Waals surface area contributed by atoms with Crippen LogP contribution in [-0.2, 0) is 4.79 Å². The van der Waals surface area contributed by atoms with Gasteiger partial charge in [0.25, 0.3) is 0 Å². The van der Waals surface area contributed by atoms with Crippen LogP contribution in [0.3, 0.4) is 0 Å². The minimum Gasteiger partial charge on any atom is -0.480 e. The smallest absolute Gasteiger partial charge is 0.323 e. The molecule has 0 spiro atoms. The molecule has 0 radical (unpaired) electrons. The molecule has 0 aliphatic heterocycles. The Balaban J connectivity index is 2.28. The Morgan fingerprint density at radius 3 is 2.54 bits per heavy atom. The summed E-state index contributed by atoms with van der Waals surface area (Å²) in [7, 11) is 0. The standard InChI is InChI=1S/C10H19NO2/c1-10(11,9(12)13)7-6-8-4-2-3-5-8/h8H,2-7,11H2,1H3,(H,12,13).